The summed E-state index contributed by atoms with van der Waals surface area (Å²) in [4.78, 5) is 32.2. The Morgan fingerprint density at radius 1 is 1.20 bits per heavy atom. The molecule has 1 atom stereocenters. The lowest BCUT2D eigenvalue weighted by molar-refractivity contribution is -0.117. The van der Waals surface area contributed by atoms with E-state index in [2.05, 4.69) is 15.1 Å². The zero-order valence-corrected chi connectivity index (χ0v) is 13.0. The zero-order valence-electron chi connectivity index (χ0n) is 13.0. The largest absolute Gasteiger partial charge is 0.334 e. The summed E-state index contributed by atoms with van der Waals surface area (Å²) in [5.74, 6) is -0.577. The van der Waals surface area contributed by atoms with Crippen LogP contribution in [0.1, 0.15) is 18.2 Å². The van der Waals surface area contributed by atoms with Gasteiger partial charge < -0.3 is 14.4 Å². The molecule has 1 aromatic carbocycles. The lowest BCUT2D eigenvalue weighted by Gasteiger charge is -2.16. The van der Waals surface area contributed by atoms with Gasteiger partial charge in [0.15, 0.2) is 5.82 Å². The minimum atomic E-state index is -0.457. The maximum absolute atomic E-state index is 13.9. The molecule has 0 spiro atoms. The van der Waals surface area contributed by atoms with E-state index in [0.29, 0.717) is 5.82 Å². The van der Waals surface area contributed by atoms with Crippen LogP contribution in [0.4, 0.5) is 10.1 Å². The van der Waals surface area contributed by atoms with Crippen molar-refractivity contribution in [3.63, 3.8) is 0 Å². The monoisotopic (exact) mass is 340 g/mol. The number of carbonyl (C=O) groups excluding carboxylic acids is 1. The van der Waals surface area contributed by atoms with Gasteiger partial charge in [0.25, 0.3) is 11.4 Å². The Morgan fingerprint density at radius 2 is 2.04 bits per heavy atom. The summed E-state index contributed by atoms with van der Waals surface area (Å²) in [6.07, 6.45) is 1.66. The summed E-state index contributed by atoms with van der Waals surface area (Å²) >= 11 is 0. The van der Waals surface area contributed by atoms with Crippen LogP contribution in [0.3, 0.4) is 0 Å². The summed E-state index contributed by atoms with van der Waals surface area (Å²) in [6, 6.07) is 9.33. The summed E-state index contributed by atoms with van der Waals surface area (Å²) in [7, 11) is 0. The predicted octanol–water partition coefficient (Wildman–Crippen LogP) is 2.08. The molecule has 25 heavy (non-hydrogen) atoms. The first-order valence-electron chi connectivity index (χ1n) is 7.70. The second-order valence-electron chi connectivity index (χ2n) is 5.73. The molecule has 4 rings (SSSR count). The van der Waals surface area contributed by atoms with Crippen molar-refractivity contribution >= 4 is 11.6 Å². The SMILES string of the molecule is O=C1CC(c2noc(-c3ccc[nH]c3=O)n2)CN1c1ccccc1F. The first kappa shape index (κ1) is 15.3. The number of anilines is 1. The number of carbonyl (C=O) groups is 1. The molecule has 126 valence electrons. The van der Waals surface area contributed by atoms with Crippen LogP contribution in [0.5, 0.6) is 0 Å². The van der Waals surface area contributed by atoms with Gasteiger partial charge in [-0.3, -0.25) is 9.59 Å². The van der Waals surface area contributed by atoms with Crippen molar-refractivity contribution in [1.29, 1.82) is 0 Å². The van der Waals surface area contributed by atoms with E-state index in [9.17, 15) is 14.0 Å². The van der Waals surface area contributed by atoms with Crippen molar-refractivity contribution in [2.45, 2.75) is 12.3 Å². The van der Waals surface area contributed by atoms with Crippen LogP contribution >= 0.6 is 0 Å². The molecular formula is C17H13FN4O3. The molecular weight excluding hydrogens is 327 g/mol. The average Bonchev–Trinajstić information content (AvgIpc) is 3.23. The zero-order chi connectivity index (χ0) is 17.4. The standard InChI is InChI=1S/C17H13FN4O3/c18-12-5-1-2-6-13(12)22-9-10(8-14(22)23)15-20-17(25-21-15)11-4-3-7-19-16(11)24/h1-7,10H,8-9H2,(H,19,24). The minimum Gasteiger partial charge on any atom is -0.334 e. The molecule has 0 radical (unpaired) electrons. The normalized spacial score (nSPS) is 17.2. The van der Waals surface area contributed by atoms with Gasteiger partial charge in [0.1, 0.15) is 11.4 Å². The third-order valence-electron chi connectivity index (χ3n) is 4.12. The van der Waals surface area contributed by atoms with E-state index in [-0.39, 0.29) is 47.5 Å². The Morgan fingerprint density at radius 3 is 2.84 bits per heavy atom. The van der Waals surface area contributed by atoms with E-state index in [1.807, 2.05) is 0 Å². The molecule has 3 heterocycles. The highest BCUT2D eigenvalue weighted by atomic mass is 19.1. The van der Waals surface area contributed by atoms with E-state index in [1.54, 1.807) is 30.3 Å². The number of nitrogens with one attached hydrogen (secondary N) is 1. The minimum absolute atomic E-state index is 0.0913. The number of hydrogen-bond acceptors (Lipinski definition) is 5. The van der Waals surface area contributed by atoms with E-state index < -0.39 is 5.82 Å². The fourth-order valence-electron chi connectivity index (χ4n) is 2.88. The number of benzene rings is 1. The first-order valence-corrected chi connectivity index (χ1v) is 7.70. The number of rotatable bonds is 3. The molecule has 3 aromatic rings. The molecule has 1 fully saturated rings. The fourth-order valence-corrected chi connectivity index (χ4v) is 2.88. The van der Waals surface area contributed by atoms with Gasteiger partial charge in [-0.25, -0.2) is 4.39 Å². The van der Waals surface area contributed by atoms with E-state index in [1.165, 1.54) is 17.2 Å². The highest BCUT2D eigenvalue weighted by Crippen LogP contribution is 2.32. The lowest BCUT2D eigenvalue weighted by atomic mass is 10.1. The van der Waals surface area contributed by atoms with Crippen molar-refractivity contribution in [2.24, 2.45) is 0 Å². The number of amides is 1. The maximum atomic E-state index is 13.9. The third-order valence-corrected chi connectivity index (χ3v) is 4.12. The molecule has 8 heteroatoms. The first-order chi connectivity index (χ1) is 12.1. The van der Waals surface area contributed by atoms with Crippen molar-refractivity contribution in [2.75, 3.05) is 11.4 Å². The number of pyridine rings is 1. The molecule has 0 bridgehead atoms. The van der Waals surface area contributed by atoms with Crippen molar-refractivity contribution in [3.8, 4) is 11.5 Å². The topological polar surface area (TPSA) is 92.1 Å². The van der Waals surface area contributed by atoms with Gasteiger partial charge in [-0.15, -0.1) is 0 Å². The summed E-state index contributed by atoms with van der Waals surface area (Å²) in [5.41, 5.74) is 0.155. The van der Waals surface area contributed by atoms with Crippen LogP contribution in [-0.2, 0) is 4.79 Å². The molecule has 1 aliphatic heterocycles. The smallest absolute Gasteiger partial charge is 0.263 e. The molecule has 0 saturated carbocycles. The van der Waals surface area contributed by atoms with Gasteiger partial charge >= 0.3 is 0 Å². The van der Waals surface area contributed by atoms with Crippen LogP contribution in [0.25, 0.3) is 11.5 Å². The molecule has 1 aliphatic rings. The van der Waals surface area contributed by atoms with Gasteiger partial charge in [-0.2, -0.15) is 4.98 Å². The molecule has 7 nitrogen and oxygen atoms in total. The Labute approximate surface area is 141 Å². The van der Waals surface area contributed by atoms with E-state index in [4.69, 9.17) is 4.52 Å². The average molecular weight is 340 g/mol. The van der Waals surface area contributed by atoms with Crippen LogP contribution in [0.2, 0.25) is 0 Å². The Kier molecular flexibility index (Phi) is 3.64. The fraction of sp³-hybridized carbons (Fsp3) is 0.176. The molecule has 0 aliphatic carbocycles. The molecule has 1 unspecified atom stereocenters. The Hall–Kier alpha value is -3.29. The maximum Gasteiger partial charge on any atom is 0.263 e. The number of halogens is 1. The third kappa shape index (κ3) is 2.71. The molecule has 1 amide bonds. The quantitative estimate of drug-likeness (QED) is 0.788. The predicted molar refractivity (Wildman–Crippen MR) is 86.5 cm³/mol. The highest BCUT2D eigenvalue weighted by Gasteiger charge is 2.35. The van der Waals surface area contributed by atoms with Crippen molar-refractivity contribution in [3.05, 3.63) is 64.6 Å². The number of nitrogens with zero attached hydrogens (tertiary/aromatic N) is 3. The van der Waals surface area contributed by atoms with Gasteiger partial charge in [0.05, 0.1) is 5.69 Å². The number of aromatic amines is 1. The van der Waals surface area contributed by atoms with Gasteiger partial charge in [0, 0.05) is 25.1 Å². The van der Waals surface area contributed by atoms with Crippen LogP contribution in [0.15, 0.2) is 51.9 Å². The van der Waals surface area contributed by atoms with E-state index in [0.717, 1.165) is 0 Å². The number of aromatic nitrogens is 3. The summed E-state index contributed by atoms with van der Waals surface area (Å²) < 4.78 is 19.1. The lowest BCUT2D eigenvalue weighted by Crippen LogP contribution is -2.25. The Bertz CT molecular complexity index is 997. The van der Waals surface area contributed by atoms with Gasteiger partial charge in [-0.05, 0) is 24.3 Å². The van der Waals surface area contributed by atoms with Crippen LogP contribution in [0, 0.1) is 5.82 Å². The van der Waals surface area contributed by atoms with Crippen molar-refractivity contribution < 1.29 is 13.7 Å². The molecule has 1 saturated heterocycles. The molecule has 1 N–H and O–H groups in total. The number of para-hydroxylation sites is 1. The van der Waals surface area contributed by atoms with E-state index >= 15 is 0 Å². The van der Waals surface area contributed by atoms with Gasteiger partial charge in [-0.1, -0.05) is 17.3 Å². The second-order valence-corrected chi connectivity index (χ2v) is 5.73. The van der Waals surface area contributed by atoms with Crippen molar-refractivity contribution in [1.82, 2.24) is 15.1 Å². The number of H-pyrrole nitrogens is 1. The summed E-state index contributed by atoms with van der Waals surface area (Å²) in [5, 5.41) is 3.89. The van der Waals surface area contributed by atoms with Gasteiger partial charge in [0.2, 0.25) is 5.91 Å². The summed E-state index contributed by atoms with van der Waals surface area (Å²) in [6.45, 7) is 0.254. The second kappa shape index (κ2) is 5.97. The number of hydrogen-bond donors (Lipinski definition) is 1. The Balaban J connectivity index is 1.60. The highest BCUT2D eigenvalue weighted by molar-refractivity contribution is 5.96. The molecule has 2 aromatic heterocycles. The van der Waals surface area contributed by atoms with Crippen LogP contribution < -0.4 is 10.5 Å². The van der Waals surface area contributed by atoms with Crippen LogP contribution in [-0.4, -0.2) is 27.6 Å².